The maximum Gasteiger partial charge on any atom is 0.344 e. The van der Waals surface area contributed by atoms with Crippen LogP contribution in [0.3, 0.4) is 0 Å². The lowest BCUT2D eigenvalue weighted by atomic mass is 9.70. The summed E-state index contributed by atoms with van der Waals surface area (Å²) in [6, 6.07) is -0.200. The Bertz CT molecular complexity index is 1190. The summed E-state index contributed by atoms with van der Waals surface area (Å²) >= 11 is -1.54. The van der Waals surface area contributed by atoms with Crippen LogP contribution >= 0.6 is 0 Å². The van der Waals surface area contributed by atoms with Crippen molar-refractivity contribution in [3.63, 3.8) is 0 Å². The van der Waals surface area contributed by atoms with E-state index in [-0.39, 0.29) is 29.0 Å². The van der Waals surface area contributed by atoms with Gasteiger partial charge in [-0.25, -0.2) is 13.6 Å². The number of anilines is 2. The number of fused-ring (bicyclic) bond motifs is 1. The van der Waals surface area contributed by atoms with Crippen molar-refractivity contribution in [1.29, 1.82) is 0 Å². The molecule has 0 radical (unpaired) electrons. The topological polar surface area (TPSA) is 128 Å². The van der Waals surface area contributed by atoms with Gasteiger partial charge in [-0.2, -0.15) is 9.97 Å². The number of carbonyl (C=O) groups excluding carboxylic acids is 1. The number of benzene rings is 1. The highest BCUT2D eigenvalue weighted by Crippen LogP contribution is 2.45. The molecule has 0 saturated heterocycles. The number of urea groups is 1. The van der Waals surface area contributed by atoms with E-state index in [9.17, 15) is 19.2 Å². The van der Waals surface area contributed by atoms with Crippen molar-refractivity contribution in [1.82, 2.24) is 9.97 Å². The lowest BCUT2D eigenvalue weighted by Crippen LogP contribution is -2.55. The zero-order valence-corrected chi connectivity index (χ0v) is 21.7. The fraction of sp³-hybridized carbons (Fsp3) is 0.500. The molecule has 0 spiro atoms. The fourth-order valence-electron chi connectivity index (χ4n) is 5.04. The number of hydrogen-bond donors (Lipinski definition) is 1. The smallest absolute Gasteiger partial charge is 0.344 e. The van der Waals surface area contributed by atoms with Crippen molar-refractivity contribution in [3.8, 4) is 11.5 Å². The number of hydrogen-bond acceptors (Lipinski definition) is 7. The molecule has 200 valence electrons. The summed E-state index contributed by atoms with van der Waals surface area (Å²) < 4.78 is 52.9. The fourth-order valence-corrected chi connectivity index (χ4v) is 5.46. The van der Waals surface area contributed by atoms with Crippen molar-refractivity contribution >= 4 is 34.7 Å². The lowest BCUT2D eigenvalue weighted by Gasteiger charge is -2.44. The molecule has 1 atom stereocenters. The first-order valence-corrected chi connectivity index (χ1v) is 13.3. The molecule has 1 fully saturated rings. The van der Waals surface area contributed by atoms with Crippen LogP contribution < -0.4 is 19.3 Å². The average Bonchev–Trinajstić information content (AvgIpc) is 2.89. The van der Waals surface area contributed by atoms with Gasteiger partial charge in [0.2, 0.25) is 0 Å². The predicted octanol–water partition coefficient (Wildman–Crippen LogP) is 3.88. The number of ether oxygens (including phenoxy) is 2. The maximum absolute atomic E-state index is 15.4. The van der Waals surface area contributed by atoms with E-state index >= 15 is 8.78 Å². The Kier molecular flexibility index (Phi) is 7.47. The Morgan fingerprint density at radius 3 is 2.32 bits per heavy atom. The number of carboxylic acid groups (broad SMARTS) is 1. The second-order valence-corrected chi connectivity index (χ2v) is 10.4. The Balaban J connectivity index is 1.82. The number of halogens is 2. The van der Waals surface area contributed by atoms with Gasteiger partial charge in [0.15, 0.2) is 29.0 Å². The zero-order valence-electron chi connectivity index (χ0n) is 20.9. The van der Waals surface area contributed by atoms with Gasteiger partial charge in [0.1, 0.15) is 11.9 Å². The molecule has 2 aromatic rings. The molecule has 4 rings (SSSR count). The highest BCUT2D eigenvalue weighted by atomic mass is 32.2. The molecule has 1 N–H and O–H groups in total. The highest BCUT2D eigenvalue weighted by molar-refractivity contribution is 7.90. The zero-order chi connectivity index (χ0) is 27.1. The van der Waals surface area contributed by atoms with Crippen molar-refractivity contribution in [2.24, 2.45) is 5.41 Å². The van der Waals surface area contributed by atoms with Crippen LogP contribution in [-0.4, -0.2) is 58.1 Å². The molecule has 2 aliphatic rings. The Hall–Kier alpha value is -3.19. The van der Waals surface area contributed by atoms with Crippen LogP contribution in [0.2, 0.25) is 0 Å². The van der Waals surface area contributed by atoms with Crippen LogP contribution in [0.4, 0.5) is 25.1 Å². The number of rotatable bonds is 7. The summed E-state index contributed by atoms with van der Waals surface area (Å²) in [6.45, 7) is 1.56. The number of amides is 2. The van der Waals surface area contributed by atoms with Gasteiger partial charge in [-0.3, -0.25) is 14.6 Å². The third-order valence-corrected chi connectivity index (χ3v) is 8.01. The van der Waals surface area contributed by atoms with E-state index in [0.717, 1.165) is 11.0 Å². The normalized spacial score (nSPS) is 22.5. The Morgan fingerprint density at radius 2 is 1.84 bits per heavy atom. The predicted molar refractivity (Wildman–Crippen MR) is 131 cm³/mol. The first kappa shape index (κ1) is 26.9. The van der Waals surface area contributed by atoms with Crippen molar-refractivity contribution in [2.45, 2.75) is 56.8 Å². The van der Waals surface area contributed by atoms with E-state index < -0.39 is 52.0 Å². The summed E-state index contributed by atoms with van der Waals surface area (Å²) in [7, 11) is 2.42. The average molecular weight is 539 g/mol. The molecule has 2 heterocycles. The van der Waals surface area contributed by atoms with E-state index in [2.05, 4.69) is 9.97 Å². The molecular formula is C24H28F2N4O6S. The second kappa shape index (κ2) is 10.3. The quantitative estimate of drug-likeness (QED) is 0.416. The molecule has 2 amide bonds. The molecule has 1 unspecified atom stereocenters. The Morgan fingerprint density at radius 1 is 1.24 bits per heavy atom. The monoisotopic (exact) mass is 538 g/mol. The van der Waals surface area contributed by atoms with E-state index in [0.29, 0.717) is 37.7 Å². The first-order chi connectivity index (χ1) is 17.6. The Labute approximate surface area is 215 Å². The molecule has 1 aliphatic heterocycles. The number of aromatic nitrogens is 2. The van der Waals surface area contributed by atoms with E-state index in [1.807, 2.05) is 6.92 Å². The highest BCUT2D eigenvalue weighted by Gasteiger charge is 2.46. The molecule has 0 bridgehead atoms. The van der Waals surface area contributed by atoms with Gasteiger partial charge in [-0.15, -0.1) is 0 Å². The standard InChI is InChI=1S/C24H28F2N4O6S/c1-5-24(21(31)32)8-6-14(7-9-24)30-20-13(11-27-22(28-20)37(4)34)12-29(23(30)33)19-17(25)15(35-2)10-16(36-3)18(19)26/h10-11,14H,5-9,12H2,1-4H3,(H,31,32). The lowest BCUT2D eigenvalue weighted by molar-refractivity contribution is -0.151. The first-order valence-electron chi connectivity index (χ1n) is 11.7. The minimum Gasteiger partial charge on any atom is -0.609 e. The van der Waals surface area contributed by atoms with Crippen LogP contribution in [0.25, 0.3) is 0 Å². The summed E-state index contributed by atoms with van der Waals surface area (Å²) in [6.07, 6.45) is 4.52. The number of carbonyl (C=O) groups is 2. The van der Waals surface area contributed by atoms with Gasteiger partial charge in [0.25, 0.3) is 0 Å². The summed E-state index contributed by atoms with van der Waals surface area (Å²) in [5, 5.41) is 9.80. The van der Waals surface area contributed by atoms with Gasteiger partial charge in [0.05, 0.1) is 26.2 Å². The van der Waals surface area contributed by atoms with Crippen molar-refractivity contribution in [3.05, 3.63) is 29.5 Å². The molecule has 1 aromatic carbocycles. The van der Waals surface area contributed by atoms with Crippen LogP contribution in [0, 0.1) is 17.0 Å². The number of nitrogens with zero attached hydrogens (tertiary/aromatic N) is 4. The third kappa shape index (κ3) is 4.54. The second-order valence-electron chi connectivity index (χ2n) is 9.12. The summed E-state index contributed by atoms with van der Waals surface area (Å²) in [5.41, 5.74) is -1.16. The van der Waals surface area contributed by atoms with Gasteiger partial charge < -0.3 is 19.1 Å². The van der Waals surface area contributed by atoms with Gasteiger partial charge >= 0.3 is 17.2 Å². The maximum atomic E-state index is 15.4. The SMILES string of the molecule is CCC1(C(=O)O)CCC(N2C(=O)N(c3c(F)c(OC)cc(OC)c3F)Cc3cnc([S+](C)[O-])nc32)CC1. The minimum atomic E-state index is -1.54. The van der Waals surface area contributed by atoms with Crippen LogP contribution in [-0.2, 0) is 22.5 Å². The van der Waals surface area contributed by atoms with E-state index in [4.69, 9.17) is 9.47 Å². The molecule has 1 aromatic heterocycles. The minimum absolute atomic E-state index is 0.00895. The molecule has 1 saturated carbocycles. The van der Waals surface area contributed by atoms with Crippen molar-refractivity contribution < 1.29 is 37.5 Å². The third-order valence-electron chi connectivity index (χ3n) is 7.30. The molecular weight excluding hydrogens is 510 g/mol. The van der Waals surface area contributed by atoms with E-state index in [1.165, 1.54) is 31.6 Å². The molecule has 13 heteroatoms. The number of carboxylic acids is 1. The van der Waals surface area contributed by atoms with Crippen LogP contribution in [0.5, 0.6) is 11.5 Å². The van der Waals surface area contributed by atoms with E-state index in [1.54, 1.807) is 0 Å². The number of aliphatic carboxylic acids is 1. The van der Waals surface area contributed by atoms with Gasteiger partial charge in [-0.1, -0.05) is 6.92 Å². The summed E-state index contributed by atoms with van der Waals surface area (Å²) in [5.74, 6) is -3.47. The van der Waals surface area contributed by atoms with Gasteiger partial charge in [-0.05, 0) is 32.1 Å². The molecule has 1 aliphatic carbocycles. The number of methoxy groups -OCH3 is 2. The molecule has 37 heavy (non-hydrogen) atoms. The van der Waals surface area contributed by atoms with Crippen molar-refractivity contribution in [2.75, 3.05) is 30.3 Å². The van der Waals surface area contributed by atoms with Crippen LogP contribution in [0.15, 0.2) is 17.4 Å². The molecule has 10 nitrogen and oxygen atoms in total. The largest absolute Gasteiger partial charge is 0.609 e. The van der Waals surface area contributed by atoms with Crippen LogP contribution in [0.1, 0.15) is 44.6 Å². The van der Waals surface area contributed by atoms with Gasteiger partial charge in [0, 0.05) is 35.0 Å². The summed E-state index contributed by atoms with van der Waals surface area (Å²) in [4.78, 5) is 36.6.